The summed E-state index contributed by atoms with van der Waals surface area (Å²) in [6, 6.07) is 9.39. The van der Waals surface area contributed by atoms with Gasteiger partial charge in [-0.25, -0.2) is 4.79 Å². The van der Waals surface area contributed by atoms with Crippen LogP contribution in [0.3, 0.4) is 0 Å². The molecule has 33 heavy (non-hydrogen) atoms. The molecule has 3 heterocycles. The van der Waals surface area contributed by atoms with Gasteiger partial charge in [-0.15, -0.1) is 0 Å². The summed E-state index contributed by atoms with van der Waals surface area (Å²) in [5.41, 5.74) is 1.89. The van der Waals surface area contributed by atoms with E-state index < -0.39 is 12.1 Å². The van der Waals surface area contributed by atoms with E-state index in [1.54, 1.807) is 31.2 Å². The molecule has 1 unspecified atom stereocenters. The summed E-state index contributed by atoms with van der Waals surface area (Å²) in [6.45, 7) is 4.15. The lowest BCUT2D eigenvalue weighted by molar-refractivity contribution is -0.427. The number of furan rings is 1. The molecule has 0 bridgehead atoms. The van der Waals surface area contributed by atoms with Crippen molar-refractivity contribution in [1.29, 1.82) is 0 Å². The van der Waals surface area contributed by atoms with Gasteiger partial charge in [-0.3, -0.25) is 9.80 Å². The molecule has 0 aliphatic carbocycles. The summed E-state index contributed by atoms with van der Waals surface area (Å²) >= 11 is 0. The van der Waals surface area contributed by atoms with Gasteiger partial charge in [-0.1, -0.05) is 12.1 Å². The Morgan fingerprint density at radius 1 is 1.24 bits per heavy atom. The molecule has 0 spiro atoms. The van der Waals surface area contributed by atoms with Gasteiger partial charge in [0.25, 0.3) is 5.91 Å². The Labute approximate surface area is 191 Å². The smallest absolute Gasteiger partial charge is 0.497 e. The van der Waals surface area contributed by atoms with Gasteiger partial charge in [-0.2, -0.15) is 19.4 Å². The highest BCUT2D eigenvalue weighted by Gasteiger charge is 2.54. The maximum atomic E-state index is 13.3. The van der Waals surface area contributed by atoms with Gasteiger partial charge in [0.1, 0.15) is 17.2 Å². The Balaban J connectivity index is 1.56. The van der Waals surface area contributed by atoms with Crippen molar-refractivity contribution >= 4 is 29.3 Å². The van der Waals surface area contributed by atoms with E-state index >= 15 is 0 Å². The summed E-state index contributed by atoms with van der Waals surface area (Å²) in [5, 5.41) is 8.91. The van der Waals surface area contributed by atoms with Crippen molar-refractivity contribution in [3.8, 4) is 5.75 Å². The number of carbonyl (C=O) groups is 3. The van der Waals surface area contributed by atoms with Crippen LogP contribution in [0.4, 0.5) is 4.79 Å². The maximum absolute atomic E-state index is 13.3. The van der Waals surface area contributed by atoms with Crippen LogP contribution in [0, 0.1) is 0 Å². The Morgan fingerprint density at radius 2 is 2.00 bits per heavy atom. The zero-order chi connectivity index (χ0) is 23.5. The summed E-state index contributed by atoms with van der Waals surface area (Å²) in [5.74, 6) is 0.469. The topological polar surface area (TPSA) is 107 Å². The molecule has 1 aromatic carbocycles. The number of hydrazone groups is 1. The number of ether oxygens (including phenoxy) is 1. The minimum Gasteiger partial charge on any atom is -0.497 e. The molecular weight excluding hydrogens is 426 g/mol. The Morgan fingerprint density at radius 3 is 2.64 bits per heavy atom. The maximum Gasteiger partial charge on any atom is 0.501 e. The van der Waals surface area contributed by atoms with Crippen molar-refractivity contribution < 1.29 is 28.1 Å². The predicted octanol–water partition coefficient (Wildman–Crippen LogP) is 1.60. The Hall–Kier alpha value is -3.95. The zero-order valence-electron chi connectivity index (χ0n) is 18.8. The van der Waals surface area contributed by atoms with Gasteiger partial charge in [0, 0.05) is 13.1 Å². The average molecular weight is 452 g/mol. The molecule has 1 N–H and O–H groups in total. The molecule has 2 aliphatic rings. The summed E-state index contributed by atoms with van der Waals surface area (Å²) < 4.78 is 11.8. The summed E-state index contributed by atoms with van der Waals surface area (Å²) in [6.07, 6.45) is 1.48. The third kappa shape index (κ3) is 4.36. The van der Waals surface area contributed by atoms with Crippen molar-refractivity contribution in [2.75, 3.05) is 20.2 Å². The molecule has 0 saturated heterocycles. The molecule has 0 fully saturated rings. The van der Waals surface area contributed by atoms with Crippen LogP contribution in [-0.4, -0.2) is 70.0 Å². The number of urea groups is 1. The number of rotatable bonds is 8. The van der Waals surface area contributed by atoms with Crippen molar-refractivity contribution in [2.45, 2.75) is 33.0 Å². The molecule has 4 rings (SSSR count). The van der Waals surface area contributed by atoms with Crippen LogP contribution in [0.25, 0.3) is 0 Å². The minimum absolute atomic E-state index is 0.0188. The van der Waals surface area contributed by atoms with Crippen LogP contribution in [0.2, 0.25) is 0 Å². The Bertz CT molecular complexity index is 1120. The quantitative estimate of drug-likeness (QED) is 0.610. The molecule has 10 heteroatoms. The monoisotopic (exact) mass is 452 g/mol. The Kier molecular flexibility index (Phi) is 6.25. The van der Waals surface area contributed by atoms with E-state index in [0.29, 0.717) is 30.3 Å². The third-order valence-electron chi connectivity index (χ3n) is 5.63. The minimum atomic E-state index is -0.753. The SMILES string of the molecule is CCN1N=C(C)C2=[N+](CC(=O)NCc3ccc(OC)cc3)C(=O)N(Cc3ccco3)C(=O)C21. The molecule has 4 amide bonds. The number of likely N-dealkylation sites (N-methyl/N-ethyl adjacent to an activating group) is 1. The second-order valence-electron chi connectivity index (χ2n) is 7.73. The number of nitrogens with zero attached hydrogens (tertiary/aromatic N) is 4. The van der Waals surface area contributed by atoms with Gasteiger partial charge >= 0.3 is 11.9 Å². The first-order valence-electron chi connectivity index (χ1n) is 10.7. The normalized spacial score (nSPS) is 17.9. The molecule has 1 aromatic heterocycles. The summed E-state index contributed by atoms with van der Waals surface area (Å²) in [4.78, 5) is 40.5. The fraction of sp³-hybridized carbons (Fsp3) is 0.348. The first kappa shape index (κ1) is 22.3. The largest absolute Gasteiger partial charge is 0.501 e. The van der Waals surface area contributed by atoms with Crippen LogP contribution in [0.15, 0.2) is 52.2 Å². The fourth-order valence-electron chi connectivity index (χ4n) is 3.97. The van der Waals surface area contributed by atoms with Crippen LogP contribution in [-0.2, 0) is 22.7 Å². The first-order chi connectivity index (χ1) is 15.9. The van der Waals surface area contributed by atoms with E-state index in [-0.39, 0.29) is 24.9 Å². The van der Waals surface area contributed by atoms with Crippen LogP contribution >= 0.6 is 0 Å². The van der Waals surface area contributed by atoms with Crippen molar-refractivity contribution in [1.82, 2.24) is 15.2 Å². The molecule has 2 aliphatic heterocycles. The zero-order valence-corrected chi connectivity index (χ0v) is 18.8. The molecule has 172 valence electrons. The van der Waals surface area contributed by atoms with Gasteiger partial charge in [0.15, 0.2) is 18.8 Å². The number of carbonyl (C=O) groups excluding carboxylic acids is 3. The van der Waals surface area contributed by atoms with Gasteiger partial charge in [-0.05, 0) is 43.7 Å². The van der Waals surface area contributed by atoms with Crippen LogP contribution in [0.1, 0.15) is 25.2 Å². The second kappa shape index (κ2) is 9.27. The van der Waals surface area contributed by atoms with E-state index in [1.165, 1.54) is 10.8 Å². The molecule has 2 aromatic rings. The van der Waals surface area contributed by atoms with E-state index in [1.807, 2.05) is 31.2 Å². The summed E-state index contributed by atoms with van der Waals surface area (Å²) in [7, 11) is 1.59. The van der Waals surface area contributed by atoms with Crippen LogP contribution < -0.4 is 10.1 Å². The molecule has 10 nitrogen and oxygen atoms in total. The van der Waals surface area contributed by atoms with Crippen molar-refractivity contribution in [2.24, 2.45) is 5.10 Å². The number of hydrogen-bond donors (Lipinski definition) is 1. The first-order valence-corrected chi connectivity index (χ1v) is 10.7. The third-order valence-corrected chi connectivity index (χ3v) is 5.63. The standard InChI is InChI=1S/C23H25N5O5/c1-4-28-21-20(15(2)25-28)26(23(31)27(22(21)30)13-18-6-5-11-33-18)14-19(29)24-12-16-7-9-17(32-3)10-8-16/h5-11,21H,4,12-14H2,1-3H3/p+1. The van der Waals surface area contributed by atoms with E-state index in [4.69, 9.17) is 9.15 Å². The van der Waals surface area contributed by atoms with E-state index in [2.05, 4.69) is 10.4 Å². The number of nitrogens with one attached hydrogen (secondary N) is 1. The van der Waals surface area contributed by atoms with Crippen LogP contribution in [0.5, 0.6) is 5.75 Å². The van der Waals surface area contributed by atoms with Crippen molar-refractivity contribution in [3.05, 3.63) is 54.0 Å². The lowest BCUT2D eigenvalue weighted by Crippen LogP contribution is -2.61. The van der Waals surface area contributed by atoms with E-state index in [9.17, 15) is 14.4 Å². The van der Waals surface area contributed by atoms with Gasteiger partial charge in [0.2, 0.25) is 6.04 Å². The number of fused-ring (bicyclic) bond motifs is 1. The molecule has 0 saturated carbocycles. The number of hydrogen-bond acceptors (Lipinski definition) is 7. The predicted molar refractivity (Wildman–Crippen MR) is 119 cm³/mol. The van der Waals surface area contributed by atoms with Gasteiger partial charge < -0.3 is 14.5 Å². The lowest BCUT2D eigenvalue weighted by Gasteiger charge is -2.27. The second-order valence-corrected chi connectivity index (χ2v) is 7.73. The number of amides is 4. The van der Waals surface area contributed by atoms with Crippen molar-refractivity contribution in [3.63, 3.8) is 0 Å². The van der Waals surface area contributed by atoms with Gasteiger partial charge in [0.05, 0.1) is 13.4 Å². The highest BCUT2D eigenvalue weighted by atomic mass is 16.5. The lowest BCUT2D eigenvalue weighted by atomic mass is 10.0. The number of benzene rings is 1. The number of methoxy groups -OCH3 is 1. The molecular formula is C23H26N5O5+. The van der Waals surface area contributed by atoms with E-state index in [0.717, 1.165) is 16.2 Å². The highest BCUT2D eigenvalue weighted by molar-refractivity contribution is 6.48. The average Bonchev–Trinajstić information content (AvgIpc) is 3.46. The molecule has 0 radical (unpaired) electrons. The molecule has 1 atom stereocenters. The number of imide groups is 1. The highest BCUT2D eigenvalue weighted by Crippen LogP contribution is 2.22. The fourth-order valence-corrected chi connectivity index (χ4v) is 3.97.